The zero-order valence-corrected chi connectivity index (χ0v) is 34.0. The maximum Gasteiger partial charge on any atom is 0.0546 e. The van der Waals surface area contributed by atoms with E-state index in [1.54, 1.807) is 0 Å². The van der Waals surface area contributed by atoms with Crippen LogP contribution in [-0.4, -0.2) is 0 Å². The van der Waals surface area contributed by atoms with Crippen molar-refractivity contribution >= 4 is 27.8 Å². The van der Waals surface area contributed by atoms with Gasteiger partial charge in [-0.25, -0.2) is 0 Å². The molecular formula is C58H45N. The van der Waals surface area contributed by atoms with Crippen LogP contribution in [0.5, 0.6) is 0 Å². The van der Waals surface area contributed by atoms with Crippen molar-refractivity contribution in [3.05, 3.63) is 222 Å². The molecule has 0 amide bonds. The second-order valence-electron chi connectivity index (χ2n) is 17.3. The Morgan fingerprint density at radius 2 is 0.780 bits per heavy atom. The SMILES string of the molecule is CC1(C)c2ccccc2-c2ccc(-c3ccc(N(c4ccc(-c5ccccc5)cc4)c4cc5c(c6ccccc46)C(C)(C)c4ccc(-c6ccccc6)cc4-5)cc3)cc21. The normalized spacial score (nSPS) is 14.0. The first kappa shape index (κ1) is 35.2. The van der Waals surface area contributed by atoms with E-state index >= 15 is 0 Å². The van der Waals surface area contributed by atoms with E-state index in [0.717, 1.165) is 11.4 Å². The van der Waals surface area contributed by atoms with E-state index in [1.165, 1.54) is 94.3 Å². The van der Waals surface area contributed by atoms with Crippen LogP contribution >= 0.6 is 0 Å². The molecule has 282 valence electrons. The number of benzene rings is 9. The van der Waals surface area contributed by atoms with Crippen molar-refractivity contribution in [1.82, 2.24) is 0 Å². The summed E-state index contributed by atoms with van der Waals surface area (Å²) in [5.41, 5.74) is 21.4. The zero-order chi connectivity index (χ0) is 39.9. The molecule has 0 aromatic heterocycles. The van der Waals surface area contributed by atoms with E-state index in [9.17, 15) is 0 Å². The summed E-state index contributed by atoms with van der Waals surface area (Å²) in [5.74, 6) is 0. The molecule has 0 saturated carbocycles. The first-order valence-electron chi connectivity index (χ1n) is 20.8. The fraction of sp³-hybridized carbons (Fsp3) is 0.103. The molecule has 1 heteroatoms. The summed E-state index contributed by atoms with van der Waals surface area (Å²) in [6, 6.07) is 74.2. The standard InChI is InChI=1S/C58H45N/c1-57(2)52-22-14-13-19-46(52)47-33-27-43(36-54(47)57)41-25-31-45(32-26-41)59(44-29-23-40(24-30-44)38-15-7-5-8-16-38)55-37-51-50-35-42(39-17-9-6-10-18-39)28-34-53(50)58(3,4)56(51)49-21-12-11-20-48(49)55/h5-37H,1-4H3. The molecule has 59 heavy (non-hydrogen) atoms. The fourth-order valence-electron chi connectivity index (χ4n) is 10.2. The molecule has 0 atom stereocenters. The highest BCUT2D eigenvalue weighted by molar-refractivity contribution is 6.07. The highest BCUT2D eigenvalue weighted by atomic mass is 15.1. The molecule has 0 heterocycles. The van der Waals surface area contributed by atoms with Gasteiger partial charge in [0.15, 0.2) is 0 Å². The minimum Gasteiger partial charge on any atom is -0.310 e. The molecule has 0 fully saturated rings. The van der Waals surface area contributed by atoms with Crippen molar-refractivity contribution in [3.8, 4) is 55.6 Å². The molecule has 0 saturated heterocycles. The highest BCUT2D eigenvalue weighted by Crippen LogP contribution is 2.55. The number of fused-ring (bicyclic) bond motifs is 8. The van der Waals surface area contributed by atoms with Gasteiger partial charge in [0.25, 0.3) is 0 Å². The van der Waals surface area contributed by atoms with Crippen LogP contribution < -0.4 is 4.90 Å². The van der Waals surface area contributed by atoms with E-state index in [0.29, 0.717) is 0 Å². The van der Waals surface area contributed by atoms with Gasteiger partial charge in [0.2, 0.25) is 0 Å². The summed E-state index contributed by atoms with van der Waals surface area (Å²) >= 11 is 0. The summed E-state index contributed by atoms with van der Waals surface area (Å²) in [6.45, 7) is 9.50. The van der Waals surface area contributed by atoms with Crippen molar-refractivity contribution in [3.63, 3.8) is 0 Å². The zero-order valence-electron chi connectivity index (χ0n) is 34.0. The Bertz CT molecular complexity index is 3060. The predicted molar refractivity (Wildman–Crippen MR) is 250 cm³/mol. The summed E-state index contributed by atoms with van der Waals surface area (Å²) < 4.78 is 0. The van der Waals surface area contributed by atoms with Crippen LogP contribution in [0.3, 0.4) is 0 Å². The molecule has 2 aliphatic carbocycles. The lowest BCUT2D eigenvalue weighted by molar-refractivity contribution is 0.660. The average molecular weight is 756 g/mol. The lowest BCUT2D eigenvalue weighted by Crippen LogP contribution is -2.16. The topological polar surface area (TPSA) is 3.24 Å². The summed E-state index contributed by atoms with van der Waals surface area (Å²) in [4.78, 5) is 2.47. The Hall–Kier alpha value is -6.96. The van der Waals surface area contributed by atoms with E-state index in [4.69, 9.17) is 0 Å². The summed E-state index contributed by atoms with van der Waals surface area (Å²) in [5, 5.41) is 2.54. The quantitative estimate of drug-likeness (QED) is 0.163. The largest absolute Gasteiger partial charge is 0.310 e. The van der Waals surface area contributed by atoms with Gasteiger partial charge in [0.1, 0.15) is 0 Å². The molecule has 2 aliphatic rings. The maximum atomic E-state index is 2.47. The van der Waals surface area contributed by atoms with Gasteiger partial charge >= 0.3 is 0 Å². The highest BCUT2D eigenvalue weighted by Gasteiger charge is 2.39. The van der Waals surface area contributed by atoms with Crippen LogP contribution in [0.25, 0.3) is 66.4 Å². The first-order chi connectivity index (χ1) is 28.8. The molecule has 11 rings (SSSR count). The fourth-order valence-corrected chi connectivity index (χ4v) is 10.2. The van der Waals surface area contributed by atoms with Crippen molar-refractivity contribution < 1.29 is 0 Å². The van der Waals surface area contributed by atoms with Gasteiger partial charge in [-0.1, -0.05) is 185 Å². The predicted octanol–water partition coefficient (Wildman–Crippen LogP) is 15.9. The summed E-state index contributed by atoms with van der Waals surface area (Å²) in [6.07, 6.45) is 0. The van der Waals surface area contributed by atoms with Crippen molar-refractivity contribution in [2.24, 2.45) is 0 Å². The molecule has 0 N–H and O–H groups in total. The van der Waals surface area contributed by atoms with Crippen LogP contribution in [0, 0.1) is 0 Å². The van der Waals surface area contributed by atoms with E-state index < -0.39 is 0 Å². The molecule has 9 aromatic rings. The van der Waals surface area contributed by atoms with Gasteiger partial charge in [0, 0.05) is 27.6 Å². The molecular weight excluding hydrogens is 711 g/mol. The number of anilines is 3. The monoisotopic (exact) mass is 755 g/mol. The average Bonchev–Trinajstić information content (AvgIpc) is 3.66. The first-order valence-corrected chi connectivity index (χ1v) is 20.8. The van der Waals surface area contributed by atoms with Gasteiger partial charge in [-0.2, -0.15) is 0 Å². The number of hydrogen-bond donors (Lipinski definition) is 0. The molecule has 1 nitrogen and oxygen atoms in total. The van der Waals surface area contributed by atoms with Gasteiger partial charge in [-0.15, -0.1) is 0 Å². The Labute approximate surface area is 347 Å². The van der Waals surface area contributed by atoms with Gasteiger partial charge in [-0.05, 0) is 126 Å². The molecule has 0 aliphatic heterocycles. The van der Waals surface area contributed by atoms with Gasteiger partial charge in [-0.3, -0.25) is 0 Å². The van der Waals surface area contributed by atoms with E-state index in [2.05, 4.69) is 233 Å². The van der Waals surface area contributed by atoms with Crippen LogP contribution in [0.4, 0.5) is 17.1 Å². The second-order valence-corrected chi connectivity index (χ2v) is 17.3. The van der Waals surface area contributed by atoms with Crippen LogP contribution in [0.2, 0.25) is 0 Å². The molecule has 0 bridgehead atoms. The Kier molecular flexibility index (Phi) is 7.94. The molecule has 0 radical (unpaired) electrons. The number of hydrogen-bond acceptors (Lipinski definition) is 1. The minimum atomic E-state index is -0.159. The van der Waals surface area contributed by atoms with Crippen molar-refractivity contribution in [2.45, 2.75) is 38.5 Å². The lowest BCUT2D eigenvalue weighted by atomic mass is 9.79. The number of rotatable bonds is 6. The minimum absolute atomic E-state index is 0.0474. The Morgan fingerprint density at radius 3 is 1.46 bits per heavy atom. The third kappa shape index (κ3) is 5.53. The van der Waals surface area contributed by atoms with Crippen LogP contribution in [0.1, 0.15) is 49.9 Å². The van der Waals surface area contributed by atoms with Crippen LogP contribution in [-0.2, 0) is 10.8 Å². The van der Waals surface area contributed by atoms with Crippen LogP contribution in [0.15, 0.2) is 200 Å². The lowest BCUT2D eigenvalue weighted by Gasteiger charge is -2.30. The maximum absolute atomic E-state index is 2.47. The smallest absolute Gasteiger partial charge is 0.0546 e. The van der Waals surface area contributed by atoms with Crippen molar-refractivity contribution in [2.75, 3.05) is 4.90 Å². The summed E-state index contributed by atoms with van der Waals surface area (Å²) in [7, 11) is 0. The molecule has 0 spiro atoms. The van der Waals surface area contributed by atoms with Gasteiger partial charge in [0.05, 0.1) is 5.69 Å². The van der Waals surface area contributed by atoms with E-state index in [1.807, 2.05) is 0 Å². The Morgan fingerprint density at radius 1 is 0.305 bits per heavy atom. The second kappa shape index (κ2) is 13.3. The van der Waals surface area contributed by atoms with E-state index in [-0.39, 0.29) is 10.8 Å². The van der Waals surface area contributed by atoms with Crippen molar-refractivity contribution in [1.29, 1.82) is 0 Å². The number of nitrogens with zero attached hydrogens (tertiary/aromatic N) is 1. The third-order valence-electron chi connectivity index (χ3n) is 13.3. The Balaban J connectivity index is 1.08. The third-order valence-corrected chi connectivity index (χ3v) is 13.3. The molecule has 9 aromatic carbocycles. The molecule has 0 unspecified atom stereocenters. The van der Waals surface area contributed by atoms with Gasteiger partial charge < -0.3 is 4.90 Å².